The van der Waals surface area contributed by atoms with Crippen LogP contribution in [0.1, 0.15) is 43.9 Å². The Bertz CT molecular complexity index is 825. The Labute approximate surface area is 142 Å². The Morgan fingerprint density at radius 1 is 1.33 bits per heavy atom. The van der Waals surface area contributed by atoms with Crippen molar-refractivity contribution in [2.24, 2.45) is 5.92 Å². The van der Waals surface area contributed by atoms with Gasteiger partial charge in [0.05, 0.1) is 0 Å². The van der Waals surface area contributed by atoms with E-state index in [0.29, 0.717) is 5.92 Å². The number of amides is 1. The van der Waals surface area contributed by atoms with Gasteiger partial charge in [-0.05, 0) is 37.8 Å². The first-order valence-corrected chi connectivity index (χ1v) is 8.60. The molecule has 1 aliphatic rings. The Hall–Kier alpha value is -2.54. The highest BCUT2D eigenvalue weighted by Crippen LogP contribution is 2.26. The zero-order valence-corrected chi connectivity index (χ0v) is 14.2. The number of aromatic amines is 1. The van der Waals surface area contributed by atoms with Crippen molar-refractivity contribution in [2.75, 3.05) is 0 Å². The molecule has 1 aromatic heterocycles. The van der Waals surface area contributed by atoms with E-state index < -0.39 is 0 Å². The zero-order chi connectivity index (χ0) is 17.1. The highest BCUT2D eigenvalue weighted by Gasteiger charge is 2.24. The van der Waals surface area contributed by atoms with Crippen LogP contribution in [0.5, 0.6) is 0 Å². The number of nitrogens with zero attached hydrogens (tertiary/aromatic N) is 1. The number of nitriles is 1. The molecule has 1 amide bonds. The Morgan fingerprint density at radius 3 is 2.83 bits per heavy atom. The minimum Gasteiger partial charge on any atom is -0.358 e. The summed E-state index contributed by atoms with van der Waals surface area (Å²) in [5.74, 6) is 0.207. The number of benzene rings is 1. The van der Waals surface area contributed by atoms with Crippen molar-refractivity contribution in [3.8, 4) is 6.07 Å². The molecule has 4 heteroatoms. The van der Waals surface area contributed by atoms with E-state index in [1.165, 1.54) is 6.42 Å². The number of hydrogen-bond acceptors (Lipinski definition) is 2. The summed E-state index contributed by atoms with van der Waals surface area (Å²) in [7, 11) is 0. The van der Waals surface area contributed by atoms with Crippen LogP contribution < -0.4 is 5.32 Å². The lowest BCUT2D eigenvalue weighted by atomic mass is 9.86. The van der Waals surface area contributed by atoms with Gasteiger partial charge in [-0.15, -0.1) is 0 Å². The summed E-state index contributed by atoms with van der Waals surface area (Å²) in [5.41, 5.74) is 3.05. The number of aromatic nitrogens is 1. The topological polar surface area (TPSA) is 68.7 Å². The van der Waals surface area contributed by atoms with Crippen LogP contribution >= 0.6 is 0 Å². The van der Waals surface area contributed by atoms with Gasteiger partial charge in [-0.25, -0.2) is 0 Å². The first-order chi connectivity index (χ1) is 11.6. The van der Waals surface area contributed by atoms with Crippen molar-refractivity contribution in [3.63, 3.8) is 0 Å². The van der Waals surface area contributed by atoms with Crippen LogP contribution in [-0.2, 0) is 4.79 Å². The average Bonchev–Trinajstić information content (AvgIpc) is 2.90. The third-order valence-electron chi connectivity index (χ3n) is 5.03. The van der Waals surface area contributed by atoms with Gasteiger partial charge in [-0.2, -0.15) is 5.26 Å². The number of rotatable bonds is 3. The van der Waals surface area contributed by atoms with E-state index in [1.807, 2.05) is 31.2 Å². The average molecular weight is 321 g/mol. The van der Waals surface area contributed by atoms with Crippen LogP contribution in [0.4, 0.5) is 0 Å². The molecule has 0 spiro atoms. The zero-order valence-electron chi connectivity index (χ0n) is 14.2. The maximum Gasteiger partial charge on any atom is 0.262 e. The summed E-state index contributed by atoms with van der Waals surface area (Å²) in [5, 5.41) is 13.6. The summed E-state index contributed by atoms with van der Waals surface area (Å²) in [6.07, 6.45) is 6.21. The number of para-hydroxylation sites is 1. The Kier molecular flexibility index (Phi) is 4.71. The maximum absolute atomic E-state index is 12.5. The van der Waals surface area contributed by atoms with Crippen LogP contribution in [0.2, 0.25) is 0 Å². The van der Waals surface area contributed by atoms with Gasteiger partial charge in [0.25, 0.3) is 5.91 Å². The van der Waals surface area contributed by atoms with Crippen LogP contribution in [0, 0.1) is 24.2 Å². The van der Waals surface area contributed by atoms with Gasteiger partial charge < -0.3 is 10.3 Å². The summed E-state index contributed by atoms with van der Waals surface area (Å²) in [6.45, 7) is 4.13. The number of carbonyl (C=O) groups is 1. The minimum absolute atomic E-state index is 0.167. The smallest absolute Gasteiger partial charge is 0.262 e. The third-order valence-corrected chi connectivity index (χ3v) is 5.03. The van der Waals surface area contributed by atoms with E-state index in [1.54, 1.807) is 6.08 Å². The molecule has 2 N–H and O–H groups in total. The van der Waals surface area contributed by atoms with Crippen molar-refractivity contribution in [1.29, 1.82) is 5.26 Å². The van der Waals surface area contributed by atoms with Gasteiger partial charge in [-0.3, -0.25) is 4.79 Å². The lowest BCUT2D eigenvalue weighted by Crippen LogP contribution is -2.41. The summed E-state index contributed by atoms with van der Waals surface area (Å²) in [6, 6.07) is 10.2. The molecule has 4 nitrogen and oxygen atoms in total. The van der Waals surface area contributed by atoms with Crippen molar-refractivity contribution in [2.45, 2.75) is 45.6 Å². The first-order valence-electron chi connectivity index (χ1n) is 8.60. The molecule has 0 radical (unpaired) electrons. The fourth-order valence-electron chi connectivity index (χ4n) is 3.55. The number of nitrogens with one attached hydrogen (secondary N) is 2. The molecule has 2 aromatic rings. The molecule has 2 unspecified atom stereocenters. The summed E-state index contributed by atoms with van der Waals surface area (Å²) < 4.78 is 0. The normalized spacial score (nSPS) is 21.5. The molecule has 1 aliphatic carbocycles. The molecular formula is C20H23N3O. The van der Waals surface area contributed by atoms with Crippen molar-refractivity contribution >= 4 is 22.9 Å². The molecule has 1 heterocycles. The molecule has 124 valence electrons. The molecule has 24 heavy (non-hydrogen) atoms. The molecule has 3 rings (SSSR count). The largest absolute Gasteiger partial charge is 0.358 e. The van der Waals surface area contributed by atoms with E-state index in [-0.39, 0.29) is 17.5 Å². The van der Waals surface area contributed by atoms with Crippen LogP contribution in [0.25, 0.3) is 17.0 Å². The van der Waals surface area contributed by atoms with E-state index in [0.717, 1.165) is 41.4 Å². The molecule has 1 saturated carbocycles. The summed E-state index contributed by atoms with van der Waals surface area (Å²) >= 11 is 0. The van der Waals surface area contributed by atoms with Gasteiger partial charge in [0.2, 0.25) is 0 Å². The van der Waals surface area contributed by atoms with E-state index in [4.69, 9.17) is 0 Å². The van der Waals surface area contributed by atoms with E-state index in [9.17, 15) is 10.1 Å². The van der Waals surface area contributed by atoms with Gasteiger partial charge >= 0.3 is 0 Å². The standard InChI is InChI=1S/C20H23N3O/c1-13-7-3-5-9-18(13)23-20(24)15(12-21)11-17-14(2)22-19-10-6-4-8-16(17)19/h4,6,8,10-11,13,18,22H,3,5,7,9H2,1-2H3,(H,23,24)/b15-11+. The highest BCUT2D eigenvalue weighted by molar-refractivity contribution is 6.04. The molecule has 2 atom stereocenters. The van der Waals surface area contributed by atoms with Crippen LogP contribution in [-0.4, -0.2) is 16.9 Å². The number of carbonyl (C=O) groups excluding carboxylic acids is 1. The fourth-order valence-corrected chi connectivity index (χ4v) is 3.55. The predicted molar refractivity (Wildman–Crippen MR) is 96.2 cm³/mol. The van der Waals surface area contributed by atoms with Gasteiger partial charge in [0, 0.05) is 28.2 Å². The highest BCUT2D eigenvalue weighted by atomic mass is 16.1. The van der Waals surface area contributed by atoms with Gasteiger partial charge in [0.1, 0.15) is 11.6 Å². The predicted octanol–water partition coefficient (Wildman–Crippen LogP) is 4.08. The van der Waals surface area contributed by atoms with Crippen molar-refractivity contribution < 1.29 is 4.79 Å². The van der Waals surface area contributed by atoms with Crippen LogP contribution in [0.3, 0.4) is 0 Å². The second-order valence-electron chi connectivity index (χ2n) is 6.72. The molecular weight excluding hydrogens is 298 g/mol. The maximum atomic E-state index is 12.5. The summed E-state index contributed by atoms with van der Waals surface area (Å²) in [4.78, 5) is 15.8. The molecule has 0 bridgehead atoms. The Morgan fingerprint density at radius 2 is 2.08 bits per heavy atom. The second kappa shape index (κ2) is 6.92. The molecule has 1 aromatic carbocycles. The third kappa shape index (κ3) is 3.21. The van der Waals surface area contributed by atoms with Gasteiger partial charge in [-0.1, -0.05) is 38.0 Å². The Balaban J connectivity index is 1.87. The molecule has 0 saturated heterocycles. The molecule has 0 aliphatic heterocycles. The number of fused-ring (bicyclic) bond motifs is 1. The quantitative estimate of drug-likeness (QED) is 0.660. The molecule has 1 fully saturated rings. The first kappa shape index (κ1) is 16.3. The van der Waals surface area contributed by atoms with Gasteiger partial charge in [0.15, 0.2) is 0 Å². The number of aryl methyl sites for hydroxylation is 1. The van der Waals surface area contributed by atoms with E-state index >= 15 is 0 Å². The monoisotopic (exact) mass is 321 g/mol. The second-order valence-corrected chi connectivity index (χ2v) is 6.72. The minimum atomic E-state index is -0.263. The number of hydrogen-bond donors (Lipinski definition) is 2. The lowest BCUT2D eigenvalue weighted by Gasteiger charge is -2.29. The number of H-pyrrole nitrogens is 1. The van der Waals surface area contributed by atoms with E-state index in [2.05, 4.69) is 23.3 Å². The lowest BCUT2D eigenvalue weighted by molar-refractivity contribution is -0.118. The van der Waals surface area contributed by atoms with Crippen molar-refractivity contribution in [1.82, 2.24) is 10.3 Å². The van der Waals surface area contributed by atoms with Crippen molar-refractivity contribution in [3.05, 3.63) is 41.1 Å². The fraction of sp³-hybridized carbons (Fsp3) is 0.400. The SMILES string of the molecule is Cc1[nH]c2ccccc2c1/C=C(\C#N)C(=O)NC1CCCCC1C. The van der Waals surface area contributed by atoms with Crippen LogP contribution in [0.15, 0.2) is 29.8 Å².